The van der Waals surface area contributed by atoms with Gasteiger partial charge in [0.2, 0.25) is 0 Å². The second-order valence-corrected chi connectivity index (χ2v) is 4.18. The van der Waals surface area contributed by atoms with E-state index in [1.807, 2.05) is 0 Å². The Morgan fingerprint density at radius 2 is 1.88 bits per heavy atom. The molecule has 0 aliphatic carbocycles. The highest BCUT2D eigenvalue weighted by molar-refractivity contribution is 9.10. The quantitative estimate of drug-likeness (QED) is 0.422. The Morgan fingerprint density at radius 3 is 2.47 bits per heavy atom. The Bertz CT molecular complexity index is 700. The minimum absolute atomic E-state index is 0.0102. The maximum atomic E-state index is 11.0. The molecule has 0 N–H and O–H groups in total. The van der Waals surface area contributed by atoms with Gasteiger partial charge in [0.25, 0.3) is 0 Å². The van der Waals surface area contributed by atoms with Gasteiger partial charge in [-0.25, -0.2) is 4.99 Å². The van der Waals surface area contributed by atoms with E-state index in [1.165, 1.54) is 6.07 Å². The summed E-state index contributed by atoms with van der Waals surface area (Å²) < 4.78 is -0.0102. The largest absolute Gasteiger partial charge is 0.338 e. The van der Waals surface area contributed by atoms with Crippen LogP contribution in [-0.4, -0.2) is 16.7 Å². The van der Waals surface area contributed by atoms with Crippen molar-refractivity contribution >= 4 is 45.0 Å². The van der Waals surface area contributed by atoms with E-state index in [2.05, 4.69) is 25.9 Å². The van der Waals surface area contributed by atoms with Crippen molar-refractivity contribution in [3.63, 3.8) is 0 Å². The molecule has 1 aliphatic rings. The van der Waals surface area contributed by atoms with Gasteiger partial charge in [0, 0.05) is 0 Å². The number of amides is 2. The first kappa shape index (κ1) is 11.8. The number of rotatable bonds is 1. The lowest BCUT2D eigenvalue weighted by atomic mass is 10.2. The van der Waals surface area contributed by atoms with Crippen LogP contribution in [-0.2, 0) is 9.59 Å². The molecule has 0 aromatic heterocycles. The molecule has 1 aliphatic heterocycles. The molecule has 9 heteroatoms. The van der Waals surface area contributed by atoms with Crippen molar-refractivity contribution in [3.8, 4) is 0 Å². The number of fused-ring (bicyclic) bond motifs is 1. The monoisotopic (exact) mass is 317 g/mol. The number of carbonyl (C=O) groups is 2. The molecule has 1 heterocycles. The molecule has 2 rings (SSSR count). The van der Waals surface area contributed by atoms with Gasteiger partial charge < -0.3 is 0 Å². The van der Waals surface area contributed by atoms with E-state index in [9.17, 15) is 19.7 Å². The van der Waals surface area contributed by atoms with Crippen LogP contribution >= 0.6 is 27.5 Å². The molecule has 1 aromatic rings. The van der Waals surface area contributed by atoms with E-state index in [1.54, 1.807) is 0 Å². The van der Waals surface area contributed by atoms with Crippen molar-refractivity contribution in [2.45, 2.75) is 0 Å². The van der Waals surface area contributed by atoms with E-state index < -0.39 is 22.4 Å². The summed E-state index contributed by atoms with van der Waals surface area (Å²) in [6.07, 6.45) is 0. The molecule has 0 spiro atoms. The lowest BCUT2D eigenvalue weighted by Crippen LogP contribution is -2.36. The molecule has 0 atom stereocenters. The maximum absolute atomic E-state index is 11.0. The first-order valence-electron chi connectivity index (χ1n) is 4.10. The molecule has 0 bridgehead atoms. The summed E-state index contributed by atoms with van der Waals surface area (Å²) in [5.74, 6) is -2.22. The Labute approximate surface area is 106 Å². The molecule has 7 nitrogen and oxygen atoms in total. The van der Waals surface area contributed by atoms with Gasteiger partial charge in [-0.3, -0.25) is 19.7 Å². The number of hydrogen-bond acceptors (Lipinski definition) is 4. The minimum atomic E-state index is -1.14. The van der Waals surface area contributed by atoms with E-state index in [-0.39, 0.29) is 20.2 Å². The highest BCUT2D eigenvalue weighted by Gasteiger charge is 2.25. The second kappa shape index (κ2) is 3.97. The smallest absolute Gasteiger partial charge is 0.261 e. The zero-order chi connectivity index (χ0) is 12.7. The second-order valence-electron chi connectivity index (χ2n) is 2.98. The molecule has 86 valence electrons. The Hall–Kier alpha value is -1.67. The fraction of sp³-hybridized carbons (Fsp3) is 0. The number of nitro groups is 1. The van der Waals surface area contributed by atoms with Gasteiger partial charge >= 0.3 is 17.5 Å². The third kappa shape index (κ3) is 1.85. The molecule has 0 radical (unpaired) electrons. The molecule has 2 amide bonds. The summed E-state index contributed by atoms with van der Waals surface area (Å²) in [7, 11) is 0. The van der Waals surface area contributed by atoms with Crippen LogP contribution in [0.15, 0.2) is 20.5 Å². The number of nitro benzene ring substituents is 1. The number of halogens is 2. The first-order valence-corrected chi connectivity index (χ1v) is 5.27. The van der Waals surface area contributed by atoms with Crippen molar-refractivity contribution in [2.24, 2.45) is 9.98 Å². The fourth-order valence-electron chi connectivity index (χ4n) is 1.26. The van der Waals surface area contributed by atoms with Gasteiger partial charge in [-0.05, 0) is 22.0 Å². The lowest BCUT2D eigenvalue weighted by Gasteiger charge is -2.02. The van der Waals surface area contributed by atoms with Crippen LogP contribution in [0, 0.1) is 10.1 Å². The molecule has 1 aromatic carbocycles. The van der Waals surface area contributed by atoms with E-state index in [0.717, 1.165) is 0 Å². The topological polar surface area (TPSA) is 102 Å². The van der Waals surface area contributed by atoms with Gasteiger partial charge in [-0.15, -0.1) is 0 Å². The summed E-state index contributed by atoms with van der Waals surface area (Å²) in [6.45, 7) is 0. The van der Waals surface area contributed by atoms with Crippen molar-refractivity contribution in [1.29, 1.82) is 0 Å². The summed E-state index contributed by atoms with van der Waals surface area (Å²) >= 11 is 8.65. The molecule has 17 heavy (non-hydrogen) atoms. The van der Waals surface area contributed by atoms with Crippen LogP contribution in [0.25, 0.3) is 0 Å². The van der Waals surface area contributed by atoms with Crippen LogP contribution in [0.5, 0.6) is 0 Å². The average Bonchev–Trinajstić information content (AvgIpc) is 2.23. The standard InChI is InChI=1S/C8HBrClN3O4/c9-4-2(10)1-3-5(6(4)13(16)17)12-8(15)7(14)11-3/h1H. The lowest BCUT2D eigenvalue weighted by molar-refractivity contribution is -0.387. The Morgan fingerprint density at radius 1 is 1.29 bits per heavy atom. The van der Waals surface area contributed by atoms with Crippen LogP contribution in [0.2, 0.25) is 5.02 Å². The van der Waals surface area contributed by atoms with Gasteiger partial charge in [0.05, 0.1) is 9.95 Å². The predicted molar refractivity (Wildman–Crippen MR) is 58.1 cm³/mol. The average molecular weight is 318 g/mol. The van der Waals surface area contributed by atoms with E-state index in [4.69, 9.17) is 11.6 Å². The molecule has 0 saturated heterocycles. The number of carbonyl (C=O) groups excluding carboxylic acids is 2. The van der Waals surface area contributed by atoms with Crippen LogP contribution < -0.4 is 10.7 Å². The zero-order valence-corrected chi connectivity index (χ0v) is 10.1. The maximum Gasteiger partial charge on any atom is 0.338 e. The molecular weight excluding hydrogens is 317 g/mol. The van der Waals surface area contributed by atoms with Crippen LogP contribution in [0.4, 0.5) is 5.69 Å². The van der Waals surface area contributed by atoms with Crippen molar-refractivity contribution in [1.82, 2.24) is 0 Å². The zero-order valence-electron chi connectivity index (χ0n) is 7.81. The summed E-state index contributed by atoms with van der Waals surface area (Å²) in [5.41, 5.74) is -0.489. The van der Waals surface area contributed by atoms with Crippen molar-refractivity contribution in [3.05, 3.63) is 36.4 Å². The summed E-state index contributed by atoms with van der Waals surface area (Å²) in [6, 6.07) is 1.22. The Balaban J connectivity index is 3.02. The summed E-state index contributed by atoms with van der Waals surface area (Å²) in [4.78, 5) is 38.9. The fourth-order valence-corrected chi connectivity index (χ4v) is 1.90. The molecule has 0 unspecified atom stereocenters. The normalized spacial score (nSPS) is 13.8. The van der Waals surface area contributed by atoms with Crippen molar-refractivity contribution in [2.75, 3.05) is 0 Å². The summed E-state index contributed by atoms with van der Waals surface area (Å²) in [5, 5.41) is 10.5. The third-order valence-electron chi connectivity index (χ3n) is 1.95. The van der Waals surface area contributed by atoms with Gasteiger partial charge in [-0.1, -0.05) is 11.6 Å². The number of benzene rings is 1. The SMILES string of the molecule is O=C1N=c2cc(Cl)c(Br)c([N+](=O)[O-])c2=NC1=O. The number of hydrogen-bond donors (Lipinski definition) is 0. The molecule has 0 saturated carbocycles. The number of nitrogens with zero attached hydrogens (tertiary/aromatic N) is 3. The van der Waals surface area contributed by atoms with Crippen LogP contribution in [0.3, 0.4) is 0 Å². The Kier molecular flexibility index (Phi) is 2.76. The molecular formula is C8HBrClN3O4. The first-order chi connectivity index (χ1) is 7.91. The highest BCUT2D eigenvalue weighted by atomic mass is 79.9. The van der Waals surface area contributed by atoms with Gasteiger partial charge in [0.1, 0.15) is 9.83 Å². The van der Waals surface area contributed by atoms with Gasteiger partial charge in [0.15, 0.2) is 5.36 Å². The third-order valence-corrected chi connectivity index (χ3v) is 3.28. The van der Waals surface area contributed by atoms with Gasteiger partial charge in [-0.2, -0.15) is 4.99 Å². The minimum Gasteiger partial charge on any atom is -0.261 e. The van der Waals surface area contributed by atoms with Crippen molar-refractivity contribution < 1.29 is 14.5 Å². The highest BCUT2D eigenvalue weighted by Crippen LogP contribution is 2.27. The predicted octanol–water partition coefficient (Wildman–Crippen LogP) is 0.317. The molecule has 0 fully saturated rings. The van der Waals surface area contributed by atoms with Crippen LogP contribution in [0.1, 0.15) is 0 Å². The van der Waals surface area contributed by atoms with E-state index >= 15 is 0 Å². The van der Waals surface area contributed by atoms with E-state index in [0.29, 0.717) is 0 Å².